The molecule has 0 saturated heterocycles. The minimum Gasteiger partial charge on any atom is -0.482 e. The maximum Gasteiger partial charge on any atom is 0.341 e. The lowest BCUT2D eigenvalue weighted by atomic mass is 10.0. The van der Waals surface area contributed by atoms with Crippen LogP contribution in [0.2, 0.25) is 0 Å². The fourth-order valence-corrected chi connectivity index (χ4v) is 1.12. The molecule has 0 heterocycles. The number of carboxylic acids is 1. The molecule has 0 radical (unpaired) electrons. The molecule has 0 bridgehead atoms. The lowest BCUT2D eigenvalue weighted by Gasteiger charge is -2.05. The number of rotatable bonds is 6. The fourth-order valence-electron chi connectivity index (χ4n) is 1.12. The molecule has 0 spiro atoms. The predicted molar refractivity (Wildman–Crippen MR) is 54.4 cm³/mol. The van der Waals surface area contributed by atoms with Crippen LogP contribution in [0.25, 0.3) is 0 Å². The Labute approximate surface area is 91.6 Å². The molecule has 5 heteroatoms. The monoisotopic (exact) mass is 222 g/mol. The third-order valence-corrected chi connectivity index (χ3v) is 1.92. The van der Waals surface area contributed by atoms with E-state index in [1.54, 1.807) is 12.1 Å². The molecule has 0 aliphatic carbocycles. The summed E-state index contributed by atoms with van der Waals surface area (Å²) in [6, 6.07) is 6.12. The number of aldehydes is 2. The normalized spacial score (nSPS) is 9.81. The highest BCUT2D eigenvalue weighted by Crippen LogP contribution is 2.16. The van der Waals surface area contributed by atoms with Gasteiger partial charge in [-0.15, -0.1) is 0 Å². The fraction of sp³-hybridized carbons (Fsp3) is 0.182. The van der Waals surface area contributed by atoms with Crippen molar-refractivity contribution in [1.29, 1.82) is 0 Å². The summed E-state index contributed by atoms with van der Waals surface area (Å²) in [7, 11) is 0. The van der Waals surface area contributed by atoms with E-state index in [1.165, 1.54) is 12.1 Å². The molecule has 16 heavy (non-hydrogen) atoms. The zero-order valence-corrected chi connectivity index (χ0v) is 8.33. The maximum absolute atomic E-state index is 10.5. The van der Waals surface area contributed by atoms with E-state index in [9.17, 15) is 14.4 Å². The number of hydrogen-bond acceptors (Lipinski definition) is 4. The van der Waals surface area contributed by atoms with Crippen LogP contribution < -0.4 is 4.74 Å². The van der Waals surface area contributed by atoms with E-state index >= 15 is 0 Å². The van der Waals surface area contributed by atoms with Crippen LogP contribution in [0.3, 0.4) is 0 Å². The van der Waals surface area contributed by atoms with Crippen LogP contribution in [0.4, 0.5) is 0 Å². The first-order valence-corrected chi connectivity index (χ1v) is 4.52. The van der Waals surface area contributed by atoms with Crippen molar-refractivity contribution in [3.05, 3.63) is 29.8 Å². The van der Waals surface area contributed by atoms with Crippen molar-refractivity contribution in [1.82, 2.24) is 0 Å². The summed E-state index contributed by atoms with van der Waals surface area (Å²) in [6.45, 7) is -0.426. The van der Waals surface area contributed by atoms with Crippen molar-refractivity contribution in [3.63, 3.8) is 0 Å². The number of carbonyl (C=O) groups excluding carboxylic acids is 2. The van der Waals surface area contributed by atoms with Crippen LogP contribution in [-0.4, -0.2) is 30.3 Å². The largest absolute Gasteiger partial charge is 0.482 e. The van der Waals surface area contributed by atoms with E-state index in [0.29, 0.717) is 23.9 Å². The molecule has 1 aromatic carbocycles. The third kappa shape index (κ3) is 3.20. The molecule has 0 aliphatic heterocycles. The maximum atomic E-state index is 10.5. The molecule has 0 aromatic heterocycles. The number of benzene rings is 1. The van der Waals surface area contributed by atoms with Crippen LogP contribution in [0, 0.1) is 0 Å². The summed E-state index contributed by atoms with van der Waals surface area (Å²) < 4.78 is 4.89. The van der Waals surface area contributed by atoms with Gasteiger partial charge < -0.3 is 19.4 Å². The van der Waals surface area contributed by atoms with Gasteiger partial charge in [-0.3, -0.25) is 0 Å². The van der Waals surface area contributed by atoms with Gasteiger partial charge in [0.1, 0.15) is 18.3 Å². The number of hydrogen-bond donors (Lipinski definition) is 1. The second-order valence-electron chi connectivity index (χ2n) is 3.05. The van der Waals surface area contributed by atoms with Gasteiger partial charge in [0.15, 0.2) is 6.61 Å². The number of ether oxygens (including phenoxy) is 1. The van der Waals surface area contributed by atoms with E-state index in [4.69, 9.17) is 9.84 Å². The molecule has 1 N–H and O–H groups in total. The second-order valence-corrected chi connectivity index (χ2v) is 3.05. The average molecular weight is 222 g/mol. The molecule has 0 amide bonds. The lowest BCUT2D eigenvalue weighted by molar-refractivity contribution is -0.139. The standard InChI is InChI=1S/C11H10O5/c12-5-9(6-13)8-1-3-10(4-2-8)16-7-11(14)15/h1-6,9H,7H2,(H,14,15). The SMILES string of the molecule is O=CC(C=O)c1ccc(OCC(=O)O)cc1. The summed E-state index contributed by atoms with van der Waals surface area (Å²) in [5.41, 5.74) is 0.549. The summed E-state index contributed by atoms with van der Waals surface area (Å²) in [6.07, 6.45) is 1.08. The van der Waals surface area contributed by atoms with Crippen LogP contribution >= 0.6 is 0 Å². The van der Waals surface area contributed by atoms with Gasteiger partial charge in [0.25, 0.3) is 0 Å². The average Bonchev–Trinajstić information content (AvgIpc) is 2.29. The van der Waals surface area contributed by atoms with Crippen LogP contribution in [-0.2, 0) is 14.4 Å². The van der Waals surface area contributed by atoms with Gasteiger partial charge in [0.05, 0.1) is 5.92 Å². The van der Waals surface area contributed by atoms with Crippen molar-refractivity contribution in [2.45, 2.75) is 5.92 Å². The minimum absolute atomic E-state index is 0.377. The van der Waals surface area contributed by atoms with E-state index in [0.717, 1.165) is 0 Å². The Balaban J connectivity index is 2.70. The zero-order valence-electron chi connectivity index (χ0n) is 8.33. The quantitative estimate of drug-likeness (QED) is 0.564. The Bertz CT molecular complexity index is 374. The highest BCUT2D eigenvalue weighted by Gasteiger charge is 2.08. The van der Waals surface area contributed by atoms with Gasteiger partial charge in [-0.25, -0.2) is 4.79 Å². The van der Waals surface area contributed by atoms with E-state index in [2.05, 4.69) is 0 Å². The van der Waals surface area contributed by atoms with Crippen molar-refractivity contribution in [2.24, 2.45) is 0 Å². The molecule has 5 nitrogen and oxygen atoms in total. The van der Waals surface area contributed by atoms with Gasteiger partial charge in [-0.2, -0.15) is 0 Å². The van der Waals surface area contributed by atoms with Crippen molar-refractivity contribution in [2.75, 3.05) is 6.61 Å². The molecule has 1 aromatic rings. The first kappa shape index (κ1) is 11.9. The minimum atomic E-state index is -1.07. The van der Waals surface area contributed by atoms with Crippen molar-refractivity contribution in [3.8, 4) is 5.75 Å². The highest BCUT2D eigenvalue weighted by atomic mass is 16.5. The Kier molecular flexibility index (Phi) is 4.20. The van der Waals surface area contributed by atoms with Gasteiger partial charge >= 0.3 is 5.97 Å². The predicted octanol–water partition coefficient (Wildman–Crippen LogP) is 0.631. The zero-order chi connectivity index (χ0) is 12.0. The summed E-state index contributed by atoms with van der Waals surface area (Å²) in [5.74, 6) is -1.47. The summed E-state index contributed by atoms with van der Waals surface area (Å²) in [4.78, 5) is 31.2. The van der Waals surface area contributed by atoms with E-state index in [1.807, 2.05) is 0 Å². The van der Waals surface area contributed by atoms with Gasteiger partial charge in [-0.05, 0) is 17.7 Å². The van der Waals surface area contributed by atoms with E-state index < -0.39 is 18.5 Å². The Morgan fingerprint density at radius 3 is 2.25 bits per heavy atom. The first-order chi connectivity index (χ1) is 7.67. The first-order valence-electron chi connectivity index (χ1n) is 4.52. The lowest BCUT2D eigenvalue weighted by Crippen LogP contribution is -2.09. The second kappa shape index (κ2) is 5.65. The molecular formula is C11H10O5. The topological polar surface area (TPSA) is 80.7 Å². The molecule has 0 atom stereocenters. The van der Waals surface area contributed by atoms with Gasteiger partial charge in [-0.1, -0.05) is 12.1 Å². The Morgan fingerprint density at radius 1 is 1.25 bits per heavy atom. The molecule has 84 valence electrons. The van der Waals surface area contributed by atoms with Crippen molar-refractivity contribution < 1.29 is 24.2 Å². The molecule has 0 saturated carbocycles. The Morgan fingerprint density at radius 2 is 1.81 bits per heavy atom. The molecule has 0 fully saturated rings. The smallest absolute Gasteiger partial charge is 0.341 e. The number of aliphatic carboxylic acids is 1. The Hall–Kier alpha value is -2.17. The van der Waals surface area contributed by atoms with Gasteiger partial charge in [0, 0.05) is 0 Å². The molecule has 0 aliphatic rings. The highest BCUT2D eigenvalue weighted by molar-refractivity contribution is 5.84. The summed E-state index contributed by atoms with van der Waals surface area (Å²) >= 11 is 0. The van der Waals surface area contributed by atoms with Gasteiger partial charge in [0.2, 0.25) is 0 Å². The number of carbonyl (C=O) groups is 3. The number of carboxylic acid groups (broad SMARTS) is 1. The van der Waals surface area contributed by atoms with Crippen LogP contribution in [0.15, 0.2) is 24.3 Å². The van der Waals surface area contributed by atoms with Crippen LogP contribution in [0.5, 0.6) is 5.75 Å². The summed E-state index contributed by atoms with van der Waals surface area (Å²) in [5, 5.41) is 8.38. The van der Waals surface area contributed by atoms with Crippen molar-refractivity contribution >= 4 is 18.5 Å². The molecule has 0 unspecified atom stereocenters. The van der Waals surface area contributed by atoms with Crippen LogP contribution in [0.1, 0.15) is 11.5 Å². The third-order valence-electron chi connectivity index (χ3n) is 1.92. The van der Waals surface area contributed by atoms with E-state index in [-0.39, 0.29) is 0 Å². The molecular weight excluding hydrogens is 212 g/mol. The molecule has 1 rings (SSSR count).